The summed E-state index contributed by atoms with van der Waals surface area (Å²) in [7, 11) is 0. The van der Waals surface area contributed by atoms with E-state index in [0.29, 0.717) is 18.8 Å². The topological polar surface area (TPSA) is 73.2 Å². The Balaban J connectivity index is 2.74. The number of carboxylic acid groups (broad SMARTS) is 1. The lowest BCUT2D eigenvalue weighted by Gasteiger charge is -2.27. The first-order chi connectivity index (χ1) is 9.37. The Morgan fingerprint density at radius 2 is 1.81 bits per heavy atom. The largest absolute Gasteiger partial charge is 0.465 e. The number of hydrazone groups is 1. The van der Waals surface area contributed by atoms with Gasteiger partial charge in [-0.25, -0.2) is 9.80 Å². The highest BCUT2D eigenvalue weighted by molar-refractivity contribution is 6.06. The zero-order valence-electron chi connectivity index (χ0n) is 13.9. The predicted molar refractivity (Wildman–Crippen MR) is 82.3 cm³/mol. The summed E-state index contributed by atoms with van der Waals surface area (Å²) in [6.07, 6.45) is -0.765. The number of carbonyl (C=O) groups excluding carboxylic acids is 1. The summed E-state index contributed by atoms with van der Waals surface area (Å²) in [6.45, 7) is 13.2. The summed E-state index contributed by atoms with van der Waals surface area (Å²) in [5.74, 6) is -0.0546. The first kappa shape index (κ1) is 17.5. The highest BCUT2D eigenvalue weighted by Crippen LogP contribution is 2.20. The molecule has 0 spiro atoms. The number of carbonyl (C=O) groups is 2. The second-order valence-electron chi connectivity index (χ2n) is 8.05. The van der Waals surface area contributed by atoms with E-state index in [0.717, 1.165) is 0 Å². The molecule has 1 rings (SSSR count). The van der Waals surface area contributed by atoms with Crippen LogP contribution in [0.2, 0.25) is 0 Å². The van der Waals surface area contributed by atoms with Gasteiger partial charge in [0.1, 0.15) is 0 Å². The van der Waals surface area contributed by atoms with Crippen LogP contribution in [-0.2, 0) is 4.79 Å². The van der Waals surface area contributed by atoms with E-state index >= 15 is 0 Å². The highest BCUT2D eigenvalue weighted by atomic mass is 16.4. The average molecular weight is 297 g/mol. The molecule has 2 amide bonds. The van der Waals surface area contributed by atoms with Gasteiger partial charge >= 0.3 is 6.09 Å². The van der Waals surface area contributed by atoms with Crippen LogP contribution in [0.4, 0.5) is 4.79 Å². The third-order valence-electron chi connectivity index (χ3n) is 2.84. The molecule has 1 N–H and O–H groups in total. The Bertz CT molecular complexity index is 444. The van der Waals surface area contributed by atoms with E-state index in [1.165, 1.54) is 9.91 Å². The van der Waals surface area contributed by atoms with Gasteiger partial charge in [-0.15, -0.1) is 0 Å². The average Bonchev–Trinajstić information content (AvgIpc) is 2.53. The van der Waals surface area contributed by atoms with Gasteiger partial charge in [-0.2, -0.15) is 5.10 Å². The quantitative estimate of drug-likeness (QED) is 0.867. The van der Waals surface area contributed by atoms with Crippen LogP contribution < -0.4 is 0 Å². The van der Waals surface area contributed by atoms with Crippen molar-refractivity contribution in [2.45, 2.75) is 48.0 Å². The minimum Gasteiger partial charge on any atom is -0.465 e. The molecule has 1 aliphatic rings. The van der Waals surface area contributed by atoms with Crippen LogP contribution in [0.1, 0.15) is 48.0 Å². The van der Waals surface area contributed by atoms with Gasteiger partial charge in [0.25, 0.3) is 0 Å². The first-order valence-corrected chi connectivity index (χ1v) is 7.22. The van der Waals surface area contributed by atoms with Gasteiger partial charge in [-0.05, 0) is 10.8 Å². The molecule has 1 heterocycles. The molecule has 6 heteroatoms. The van der Waals surface area contributed by atoms with E-state index in [-0.39, 0.29) is 29.7 Å². The third-order valence-corrected chi connectivity index (χ3v) is 2.84. The number of hydrogen-bond donors (Lipinski definition) is 1. The molecule has 0 fully saturated rings. The number of rotatable bonds is 4. The molecule has 0 aromatic heterocycles. The fourth-order valence-corrected chi connectivity index (χ4v) is 2.17. The van der Waals surface area contributed by atoms with Crippen LogP contribution in [0.25, 0.3) is 0 Å². The van der Waals surface area contributed by atoms with Gasteiger partial charge in [-0.1, -0.05) is 41.5 Å². The molecule has 0 bridgehead atoms. The Labute approximate surface area is 126 Å². The molecule has 0 saturated heterocycles. The number of hydrogen-bond acceptors (Lipinski definition) is 3. The normalized spacial score (nSPS) is 16.2. The first-order valence-electron chi connectivity index (χ1n) is 7.22. The van der Waals surface area contributed by atoms with E-state index < -0.39 is 6.09 Å². The molecule has 0 radical (unpaired) electrons. The molecule has 0 unspecified atom stereocenters. The van der Waals surface area contributed by atoms with Gasteiger partial charge in [0.15, 0.2) is 0 Å². The lowest BCUT2D eigenvalue weighted by Crippen LogP contribution is -2.40. The van der Waals surface area contributed by atoms with Crippen molar-refractivity contribution in [2.75, 3.05) is 19.6 Å². The maximum Gasteiger partial charge on any atom is 0.407 e. The summed E-state index contributed by atoms with van der Waals surface area (Å²) >= 11 is 0. The number of nitrogens with zero attached hydrogens (tertiary/aromatic N) is 3. The summed E-state index contributed by atoms with van der Waals surface area (Å²) in [4.78, 5) is 24.6. The molecule has 0 atom stereocenters. The van der Waals surface area contributed by atoms with E-state index in [1.807, 2.05) is 41.5 Å². The van der Waals surface area contributed by atoms with Crippen molar-refractivity contribution in [1.82, 2.24) is 9.91 Å². The fraction of sp³-hybridized carbons (Fsp3) is 0.800. The van der Waals surface area contributed by atoms with Crippen LogP contribution in [-0.4, -0.2) is 52.4 Å². The monoisotopic (exact) mass is 297 g/mol. The van der Waals surface area contributed by atoms with Crippen molar-refractivity contribution < 1.29 is 14.7 Å². The molecule has 1 aliphatic heterocycles. The summed E-state index contributed by atoms with van der Waals surface area (Å²) in [5, 5.41) is 15.1. The standard InChI is InChI=1S/C15H27N3O3/c1-14(2,3)9-17(13(20)21)8-11-7-12(19)18(16-11)10-15(4,5)6/h7-10H2,1-6H3,(H,20,21). The molecule has 0 aromatic rings. The van der Waals surface area contributed by atoms with Crippen molar-refractivity contribution in [3.63, 3.8) is 0 Å². The predicted octanol–water partition coefficient (Wildman–Crippen LogP) is 2.65. The maximum atomic E-state index is 11.9. The van der Waals surface area contributed by atoms with Crippen LogP contribution in [0, 0.1) is 10.8 Å². The molecule has 21 heavy (non-hydrogen) atoms. The second kappa shape index (κ2) is 6.03. The van der Waals surface area contributed by atoms with E-state index in [1.54, 1.807) is 0 Å². The fourth-order valence-electron chi connectivity index (χ4n) is 2.17. The van der Waals surface area contributed by atoms with E-state index in [9.17, 15) is 14.7 Å². The summed E-state index contributed by atoms with van der Waals surface area (Å²) in [6, 6.07) is 0. The van der Waals surface area contributed by atoms with Crippen molar-refractivity contribution in [1.29, 1.82) is 0 Å². The lowest BCUT2D eigenvalue weighted by atomic mass is 9.96. The molecular formula is C15H27N3O3. The Morgan fingerprint density at radius 3 is 2.24 bits per heavy atom. The van der Waals surface area contributed by atoms with Crippen LogP contribution in [0.3, 0.4) is 0 Å². The molecule has 0 saturated carbocycles. The second-order valence-corrected chi connectivity index (χ2v) is 8.05. The SMILES string of the molecule is CC(C)(C)CN(CC1=NN(CC(C)(C)C)C(=O)C1)C(=O)O. The smallest absolute Gasteiger partial charge is 0.407 e. The van der Waals surface area contributed by atoms with Gasteiger partial charge in [0.05, 0.1) is 18.7 Å². The Kier molecular flexibility index (Phi) is 5.02. The van der Waals surface area contributed by atoms with E-state index in [2.05, 4.69) is 5.10 Å². The maximum absolute atomic E-state index is 11.9. The van der Waals surface area contributed by atoms with Gasteiger partial charge < -0.3 is 10.0 Å². The Hall–Kier alpha value is -1.59. The van der Waals surface area contributed by atoms with Gasteiger partial charge in [0, 0.05) is 13.1 Å². The van der Waals surface area contributed by atoms with Crippen LogP contribution in [0.5, 0.6) is 0 Å². The molecule has 6 nitrogen and oxygen atoms in total. The molecular weight excluding hydrogens is 270 g/mol. The van der Waals surface area contributed by atoms with Gasteiger partial charge in [-0.3, -0.25) is 4.79 Å². The van der Waals surface area contributed by atoms with Crippen LogP contribution in [0.15, 0.2) is 5.10 Å². The van der Waals surface area contributed by atoms with E-state index in [4.69, 9.17) is 0 Å². The lowest BCUT2D eigenvalue weighted by molar-refractivity contribution is -0.129. The molecule has 0 aromatic carbocycles. The van der Waals surface area contributed by atoms with Crippen molar-refractivity contribution in [3.8, 4) is 0 Å². The van der Waals surface area contributed by atoms with Crippen molar-refractivity contribution in [2.24, 2.45) is 15.9 Å². The summed E-state index contributed by atoms with van der Waals surface area (Å²) < 4.78 is 0. The van der Waals surface area contributed by atoms with Gasteiger partial charge in [0.2, 0.25) is 5.91 Å². The van der Waals surface area contributed by atoms with Crippen LogP contribution >= 0.6 is 0 Å². The minimum absolute atomic E-state index is 0.0352. The molecule has 0 aliphatic carbocycles. The number of amides is 2. The Morgan fingerprint density at radius 1 is 1.24 bits per heavy atom. The highest BCUT2D eigenvalue weighted by Gasteiger charge is 2.30. The van der Waals surface area contributed by atoms with Crippen molar-refractivity contribution in [3.05, 3.63) is 0 Å². The van der Waals surface area contributed by atoms with Crippen molar-refractivity contribution >= 4 is 17.7 Å². The third kappa shape index (κ3) is 6.14. The summed E-state index contributed by atoms with van der Waals surface area (Å²) in [5.41, 5.74) is 0.454. The zero-order valence-corrected chi connectivity index (χ0v) is 13.9. The zero-order chi connectivity index (χ0) is 16.4. The molecule has 120 valence electrons. The minimum atomic E-state index is -0.977.